The number of nitrogens with one attached hydrogen (secondary N) is 1. The van der Waals surface area contributed by atoms with Crippen molar-refractivity contribution in [3.63, 3.8) is 0 Å². The zero-order valence-corrected chi connectivity index (χ0v) is 11.5. The van der Waals surface area contributed by atoms with Crippen molar-refractivity contribution < 1.29 is 19.5 Å². The van der Waals surface area contributed by atoms with Gasteiger partial charge in [0, 0.05) is 17.9 Å². The van der Waals surface area contributed by atoms with Crippen molar-refractivity contribution in [1.29, 1.82) is 0 Å². The van der Waals surface area contributed by atoms with Gasteiger partial charge in [-0.05, 0) is 44.9 Å². The molecule has 2 saturated carbocycles. The Labute approximate surface area is 118 Å². The highest BCUT2D eigenvalue weighted by Gasteiger charge is 2.35. The molecule has 0 aromatic rings. The zero-order chi connectivity index (χ0) is 14.7. The molecule has 0 aliphatic heterocycles. The van der Waals surface area contributed by atoms with Crippen LogP contribution in [-0.4, -0.2) is 28.9 Å². The quantitative estimate of drug-likeness (QED) is 0.703. The normalized spacial score (nSPS) is 33.6. The van der Waals surface area contributed by atoms with Crippen LogP contribution in [0, 0.1) is 17.8 Å². The first-order valence-corrected chi connectivity index (χ1v) is 7.30. The lowest BCUT2D eigenvalue weighted by Crippen LogP contribution is -2.42. The molecule has 2 amide bonds. The molecule has 2 unspecified atom stereocenters. The third-order valence-electron chi connectivity index (χ3n) is 4.63. The lowest BCUT2D eigenvalue weighted by atomic mass is 9.85. The van der Waals surface area contributed by atoms with Crippen LogP contribution in [0.2, 0.25) is 0 Å². The molecule has 2 atom stereocenters. The highest BCUT2D eigenvalue weighted by molar-refractivity contribution is 5.81. The number of carboxylic acids is 1. The molecule has 2 fully saturated rings. The SMILES string of the molecule is NC(=O)C1CCC(NC(=O)C2CCC(C(=O)O)C2)CC1. The Hall–Kier alpha value is -1.59. The number of aliphatic carboxylic acids is 1. The van der Waals surface area contributed by atoms with E-state index in [1.165, 1.54) is 0 Å². The van der Waals surface area contributed by atoms with E-state index in [9.17, 15) is 14.4 Å². The molecule has 0 bridgehead atoms. The van der Waals surface area contributed by atoms with E-state index in [0.29, 0.717) is 19.3 Å². The molecule has 6 heteroatoms. The van der Waals surface area contributed by atoms with E-state index < -0.39 is 5.97 Å². The third-order valence-corrected chi connectivity index (χ3v) is 4.63. The molecule has 2 aliphatic carbocycles. The van der Waals surface area contributed by atoms with Gasteiger partial charge in [0.05, 0.1) is 5.92 Å². The van der Waals surface area contributed by atoms with Gasteiger partial charge < -0.3 is 16.2 Å². The fourth-order valence-corrected chi connectivity index (χ4v) is 3.29. The molecule has 4 N–H and O–H groups in total. The van der Waals surface area contributed by atoms with E-state index in [1.54, 1.807) is 0 Å². The Morgan fingerprint density at radius 1 is 0.900 bits per heavy atom. The Kier molecular flexibility index (Phi) is 4.62. The van der Waals surface area contributed by atoms with Crippen LogP contribution in [0.4, 0.5) is 0 Å². The molecule has 0 heterocycles. The van der Waals surface area contributed by atoms with Crippen molar-refractivity contribution in [3.05, 3.63) is 0 Å². The van der Waals surface area contributed by atoms with E-state index in [1.807, 2.05) is 0 Å². The molecule has 2 rings (SSSR count). The second-order valence-corrected chi connectivity index (χ2v) is 6.00. The maximum Gasteiger partial charge on any atom is 0.306 e. The predicted molar refractivity (Wildman–Crippen MR) is 71.5 cm³/mol. The number of carboxylic acid groups (broad SMARTS) is 1. The van der Waals surface area contributed by atoms with Crippen molar-refractivity contribution in [3.8, 4) is 0 Å². The molecule has 6 nitrogen and oxygen atoms in total. The minimum atomic E-state index is -0.803. The Bertz CT molecular complexity index is 402. The molecule has 0 spiro atoms. The van der Waals surface area contributed by atoms with Crippen LogP contribution in [0.3, 0.4) is 0 Å². The number of primary amides is 1. The molecule has 0 saturated heterocycles. The summed E-state index contributed by atoms with van der Waals surface area (Å²) in [6, 6.07) is 0.0991. The third kappa shape index (κ3) is 3.49. The summed E-state index contributed by atoms with van der Waals surface area (Å²) in [5.74, 6) is -1.71. The maximum atomic E-state index is 12.1. The highest BCUT2D eigenvalue weighted by Crippen LogP contribution is 2.32. The molecule has 0 aromatic heterocycles. The number of amides is 2. The second-order valence-electron chi connectivity index (χ2n) is 6.00. The first-order chi connectivity index (χ1) is 9.47. The number of carbonyl (C=O) groups excluding carboxylic acids is 2. The molecule has 0 aromatic carbocycles. The zero-order valence-electron chi connectivity index (χ0n) is 11.5. The number of nitrogens with two attached hydrogens (primary N) is 1. The van der Waals surface area contributed by atoms with Gasteiger partial charge in [0.25, 0.3) is 0 Å². The van der Waals surface area contributed by atoms with Crippen molar-refractivity contribution in [2.45, 2.75) is 51.0 Å². The summed E-state index contributed by atoms with van der Waals surface area (Å²) in [7, 11) is 0. The number of hydrogen-bond donors (Lipinski definition) is 3. The Morgan fingerprint density at radius 2 is 1.45 bits per heavy atom. The number of carbonyl (C=O) groups is 3. The van der Waals surface area contributed by atoms with Crippen molar-refractivity contribution >= 4 is 17.8 Å². The van der Waals surface area contributed by atoms with Crippen molar-refractivity contribution in [1.82, 2.24) is 5.32 Å². The standard InChI is InChI=1S/C14H22N2O4/c15-12(17)8-3-5-11(6-4-8)16-13(18)9-1-2-10(7-9)14(19)20/h8-11H,1-7H2,(H2,15,17)(H,16,18)(H,19,20). The molecule has 2 aliphatic rings. The van der Waals surface area contributed by atoms with Gasteiger partial charge >= 0.3 is 5.97 Å². The second kappa shape index (κ2) is 6.24. The van der Waals surface area contributed by atoms with Crippen LogP contribution in [0.5, 0.6) is 0 Å². The van der Waals surface area contributed by atoms with E-state index in [2.05, 4.69) is 5.32 Å². The van der Waals surface area contributed by atoms with Crippen molar-refractivity contribution in [2.75, 3.05) is 0 Å². The minimum Gasteiger partial charge on any atom is -0.481 e. The summed E-state index contributed by atoms with van der Waals surface area (Å²) < 4.78 is 0. The van der Waals surface area contributed by atoms with Gasteiger partial charge in [0.15, 0.2) is 0 Å². The molecular formula is C14H22N2O4. The number of hydrogen-bond acceptors (Lipinski definition) is 3. The summed E-state index contributed by atoms with van der Waals surface area (Å²) in [6.45, 7) is 0. The summed E-state index contributed by atoms with van der Waals surface area (Å²) in [6.07, 6.45) is 4.67. The van der Waals surface area contributed by atoms with Crippen LogP contribution in [0.15, 0.2) is 0 Å². The van der Waals surface area contributed by atoms with Crippen LogP contribution in [0.1, 0.15) is 44.9 Å². The summed E-state index contributed by atoms with van der Waals surface area (Å²) in [4.78, 5) is 34.1. The van der Waals surface area contributed by atoms with Gasteiger partial charge in [0.2, 0.25) is 11.8 Å². The maximum absolute atomic E-state index is 12.1. The average Bonchev–Trinajstić information content (AvgIpc) is 2.89. The monoisotopic (exact) mass is 282 g/mol. The van der Waals surface area contributed by atoms with E-state index in [0.717, 1.165) is 25.7 Å². The fraction of sp³-hybridized carbons (Fsp3) is 0.786. The molecule has 20 heavy (non-hydrogen) atoms. The van der Waals surface area contributed by atoms with Crippen LogP contribution < -0.4 is 11.1 Å². The average molecular weight is 282 g/mol. The first-order valence-electron chi connectivity index (χ1n) is 7.30. The van der Waals surface area contributed by atoms with Gasteiger partial charge in [-0.2, -0.15) is 0 Å². The predicted octanol–water partition coefficient (Wildman–Crippen LogP) is 0.648. The smallest absolute Gasteiger partial charge is 0.306 e. The summed E-state index contributed by atoms with van der Waals surface area (Å²) >= 11 is 0. The largest absolute Gasteiger partial charge is 0.481 e. The molecule has 112 valence electrons. The fourth-order valence-electron chi connectivity index (χ4n) is 3.29. The topological polar surface area (TPSA) is 109 Å². The summed E-state index contributed by atoms with van der Waals surface area (Å²) in [5, 5.41) is 11.9. The Morgan fingerprint density at radius 3 is 1.95 bits per heavy atom. The van der Waals surface area contributed by atoms with E-state index in [4.69, 9.17) is 10.8 Å². The van der Waals surface area contributed by atoms with Crippen LogP contribution in [0.25, 0.3) is 0 Å². The molecule has 0 radical (unpaired) electrons. The van der Waals surface area contributed by atoms with Crippen LogP contribution >= 0.6 is 0 Å². The van der Waals surface area contributed by atoms with Gasteiger partial charge in [-0.1, -0.05) is 0 Å². The summed E-state index contributed by atoms with van der Waals surface area (Å²) in [5.41, 5.74) is 5.28. The lowest BCUT2D eigenvalue weighted by Gasteiger charge is -2.28. The van der Waals surface area contributed by atoms with Crippen LogP contribution in [-0.2, 0) is 14.4 Å². The van der Waals surface area contributed by atoms with Gasteiger partial charge in [0.1, 0.15) is 0 Å². The minimum absolute atomic E-state index is 0.0312. The van der Waals surface area contributed by atoms with Gasteiger partial charge in [-0.25, -0.2) is 0 Å². The number of rotatable bonds is 4. The van der Waals surface area contributed by atoms with Crippen molar-refractivity contribution in [2.24, 2.45) is 23.5 Å². The van der Waals surface area contributed by atoms with Gasteiger partial charge in [-0.15, -0.1) is 0 Å². The molecular weight excluding hydrogens is 260 g/mol. The Balaban J connectivity index is 1.76. The van der Waals surface area contributed by atoms with Gasteiger partial charge in [-0.3, -0.25) is 14.4 Å². The van der Waals surface area contributed by atoms with E-state index in [-0.39, 0.29) is 35.6 Å². The first kappa shape index (κ1) is 14.8. The van der Waals surface area contributed by atoms with E-state index >= 15 is 0 Å². The lowest BCUT2D eigenvalue weighted by molar-refractivity contribution is -0.141. The highest BCUT2D eigenvalue weighted by atomic mass is 16.4.